The van der Waals surface area contributed by atoms with Gasteiger partial charge in [-0.15, -0.1) is 5.10 Å². The minimum absolute atomic E-state index is 0.0357. The molecule has 0 saturated heterocycles. The Bertz CT molecular complexity index is 1030. The van der Waals surface area contributed by atoms with Crippen LogP contribution in [0.1, 0.15) is 5.56 Å². The van der Waals surface area contributed by atoms with Crippen molar-refractivity contribution in [1.29, 1.82) is 0 Å². The summed E-state index contributed by atoms with van der Waals surface area (Å²) >= 11 is 1.31. The van der Waals surface area contributed by atoms with E-state index in [4.69, 9.17) is 14.2 Å². The number of fused-ring (bicyclic) bond motifs is 1. The molecule has 2 heterocycles. The van der Waals surface area contributed by atoms with E-state index in [1.54, 1.807) is 23.7 Å². The van der Waals surface area contributed by atoms with Crippen molar-refractivity contribution in [3.8, 4) is 17.2 Å². The number of thioether (sulfide) groups is 1. The Morgan fingerprint density at radius 2 is 2.00 bits per heavy atom. The fraction of sp³-hybridized carbons (Fsp3) is 0.333. The molecule has 0 radical (unpaired) electrons. The summed E-state index contributed by atoms with van der Waals surface area (Å²) in [6, 6.07) is 15.2. The van der Waals surface area contributed by atoms with Crippen molar-refractivity contribution < 1.29 is 19.0 Å². The van der Waals surface area contributed by atoms with Gasteiger partial charge in [0.05, 0.1) is 26.0 Å². The molecule has 1 atom stereocenters. The van der Waals surface area contributed by atoms with E-state index in [9.17, 15) is 4.79 Å². The van der Waals surface area contributed by atoms with E-state index >= 15 is 0 Å². The van der Waals surface area contributed by atoms with E-state index in [0.717, 1.165) is 17.1 Å². The van der Waals surface area contributed by atoms with Crippen LogP contribution in [0.2, 0.25) is 0 Å². The minimum Gasteiger partial charge on any atom is -0.497 e. The van der Waals surface area contributed by atoms with Gasteiger partial charge in [0.15, 0.2) is 17.6 Å². The molecule has 9 nitrogen and oxygen atoms in total. The number of carbonyl (C=O) groups is 1. The maximum Gasteiger partial charge on any atom is 0.232 e. The van der Waals surface area contributed by atoms with Crippen molar-refractivity contribution in [2.75, 3.05) is 33.1 Å². The number of ether oxygens (including phenoxy) is 3. The van der Waals surface area contributed by atoms with E-state index in [0.29, 0.717) is 30.6 Å². The molecule has 2 aromatic carbocycles. The lowest BCUT2D eigenvalue weighted by molar-refractivity contribution is -0.128. The molecule has 0 N–H and O–H groups in total. The molecule has 0 spiro atoms. The molecule has 1 unspecified atom stereocenters. The monoisotopic (exact) mass is 441 g/mol. The van der Waals surface area contributed by atoms with Crippen LogP contribution >= 0.6 is 11.8 Å². The van der Waals surface area contributed by atoms with Crippen LogP contribution in [-0.4, -0.2) is 70.2 Å². The van der Waals surface area contributed by atoms with Gasteiger partial charge in [-0.3, -0.25) is 4.79 Å². The molecular weight excluding hydrogens is 418 g/mol. The van der Waals surface area contributed by atoms with Crippen LogP contribution < -0.4 is 14.2 Å². The molecule has 3 aromatic rings. The second-order valence-electron chi connectivity index (χ2n) is 7.03. The molecule has 4 rings (SSSR count). The van der Waals surface area contributed by atoms with Gasteiger partial charge in [-0.2, -0.15) is 0 Å². The average molecular weight is 442 g/mol. The third-order valence-electron chi connectivity index (χ3n) is 4.79. The smallest absolute Gasteiger partial charge is 0.232 e. The summed E-state index contributed by atoms with van der Waals surface area (Å²) in [4.78, 5) is 14.3. The third kappa shape index (κ3) is 5.26. The number of rotatable bonds is 8. The summed E-state index contributed by atoms with van der Waals surface area (Å²) in [7, 11) is 3.39. The number of carbonyl (C=O) groups excluding carboxylic acids is 1. The largest absolute Gasteiger partial charge is 0.497 e. The normalized spacial score (nSPS) is 14.8. The number of nitrogens with zero attached hydrogens (tertiary/aromatic N) is 5. The van der Waals surface area contributed by atoms with Gasteiger partial charge in [-0.1, -0.05) is 36.0 Å². The summed E-state index contributed by atoms with van der Waals surface area (Å²) in [6.07, 6.45) is -0.214. The quantitative estimate of drug-likeness (QED) is 0.491. The van der Waals surface area contributed by atoms with Gasteiger partial charge in [0, 0.05) is 7.05 Å². The number of amides is 1. The number of tetrazole rings is 1. The lowest BCUT2D eigenvalue weighted by Crippen LogP contribution is -2.42. The Hall–Kier alpha value is -3.27. The van der Waals surface area contributed by atoms with Gasteiger partial charge in [0.2, 0.25) is 11.1 Å². The summed E-state index contributed by atoms with van der Waals surface area (Å²) in [6.45, 7) is 1.35. The topological polar surface area (TPSA) is 91.6 Å². The fourth-order valence-corrected chi connectivity index (χ4v) is 3.92. The van der Waals surface area contributed by atoms with Crippen molar-refractivity contribution in [3.05, 3.63) is 54.1 Å². The number of likely N-dealkylation sites (N-methyl/N-ethyl adjacent to an activating group) is 1. The molecule has 1 aliphatic rings. The number of aromatic nitrogens is 4. The van der Waals surface area contributed by atoms with Crippen LogP contribution in [0, 0.1) is 0 Å². The zero-order valence-electron chi connectivity index (χ0n) is 17.3. The highest BCUT2D eigenvalue weighted by atomic mass is 32.2. The predicted molar refractivity (Wildman–Crippen MR) is 115 cm³/mol. The Kier molecular flexibility index (Phi) is 6.56. The summed E-state index contributed by atoms with van der Waals surface area (Å²) in [5.74, 6) is 2.41. The number of hydrogen-bond donors (Lipinski definition) is 0. The summed E-state index contributed by atoms with van der Waals surface area (Å²) < 4.78 is 18.5. The van der Waals surface area contributed by atoms with Crippen LogP contribution in [0.25, 0.3) is 0 Å². The van der Waals surface area contributed by atoms with Gasteiger partial charge in [-0.25, -0.2) is 4.68 Å². The zero-order valence-corrected chi connectivity index (χ0v) is 18.1. The highest BCUT2D eigenvalue weighted by molar-refractivity contribution is 7.99. The van der Waals surface area contributed by atoms with Gasteiger partial charge in [0.1, 0.15) is 12.4 Å². The number of hydrogen-bond acceptors (Lipinski definition) is 8. The number of benzene rings is 2. The number of methoxy groups -OCH3 is 1. The van der Waals surface area contributed by atoms with Crippen LogP contribution in [0.3, 0.4) is 0 Å². The molecule has 162 valence electrons. The van der Waals surface area contributed by atoms with E-state index in [-0.39, 0.29) is 17.8 Å². The third-order valence-corrected chi connectivity index (χ3v) is 5.73. The lowest BCUT2D eigenvalue weighted by Gasteiger charge is -2.29. The molecule has 31 heavy (non-hydrogen) atoms. The highest BCUT2D eigenvalue weighted by Gasteiger charge is 2.24. The molecule has 0 saturated carbocycles. The van der Waals surface area contributed by atoms with Crippen molar-refractivity contribution in [2.45, 2.75) is 17.8 Å². The van der Waals surface area contributed by atoms with E-state index < -0.39 is 0 Å². The van der Waals surface area contributed by atoms with Gasteiger partial charge >= 0.3 is 0 Å². The lowest BCUT2D eigenvalue weighted by atomic mass is 10.2. The van der Waals surface area contributed by atoms with Crippen LogP contribution in [-0.2, 0) is 11.3 Å². The fourth-order valence-electron chi connectivity index (χ4n) is 3.10. The minimum atomic E-state index is -0.214. The van der Waals surface area contributed by atoms with Gasteiger partial charge in [0.25, 0.3) is 0 Å². The maximum absolute atomic E-state index is 12.6. The second kappa shape index (κ2) is 9.69. The first kappa shape index (κ1) is 21.0. The van der Waals surface area contributed by atoms with E-state index in [1.807, 2.05) is 48.5 Å². The molecule has 0 bridgehead atoms. The second-order valence-corrected chi connectivity index (χ2v) is 7.97. The van der Waals surface area contributed by atoms with Gasteiger partial charge in [-0.05, 0) is 40.3 Å². The highest BCUT2D eigenvalue weighted by Crippen LogP contribution is 2.31. The first-order valence-electron chi connectivity index (χ1n) is 9.76. The SMILES string of the molecule is COc1ccc(Cn2nnnc2SCC(=O)N(C)CC2COc3ccccc3O2)cc1. The van der Waals surface area contributed by atoms with Crippen molar-refractivity contribution in [3.63, 3.8) is 0 Å². The molecule has 0 fully saturated rings. The summed E-state index contributed by atoms with van der Waals surface area (Å²) in [5.41, 5.74) is 1.04. The van der Waals surface area contributed by atoms with Crippen LogP contribution in [0.15, 0.2) is 53.7 Å². The molecule has 1 amide bonds. The average Bonchev–Trinajstić information content (AvgIpc) is 3.24. The molecule has 1 aromatic heterocycles. The van der Waals surface area contributed by atoms with E-state index in [2.05, 4.69) is 15.5 Å². The van der Waals surface area contributed by atoms with Gasteiger partial charge < -0.3 is 19.1 Å². The standard InChI is InChI=1S/C21H23N5O4S/c1-25(12-17-13-29-18-5-3-4-6-19(18)30-17)20(27)14-31-21-22-23-24-26(21)11-15-7-9-16(28-2)10-8-15/h3-10,17H,11-14H2,1-2H3. The van der Waals surface area contributed by atoms with Crippen molar-refractivity contribution in [2.24, 2.45) is 0 Å². The molecule has 0 aliphatic carbocycles. The zero-order chi connectivity index (χ0) is 21.6. The van der Waals surface area contributed by atoms with Crippen LogP contribution in [0.5, 0.6) is 17.2 Å². The Labute approximate surface area is 184 Å². The number of para-hydroxylation sites is 2. The Balaban J connectivity index is 1.28. The van der Waals surface area contributed by atoms with E-state index in [1.165, 1.54) is 11.8 Å². The molecule has 1 aliphatic heterocycles. The predicted octanol–water partition coefficient (Wildman–Crippen LogP) is 2.12. The first-order chi connectivity index (χ1) is 15.1. The summed E-state index contributed by atoms with van der Waals surface area (Å²) in [5, 5.41) is 12.4. The Morgan fingerprint density at radius 3 is 2.77 bits per heavy atom. The van der Waals surface area contributed by atoms with Crippen molar-refractivity contribution >= 4 is 17.7 Å². The van der Waals surface area contributed by atoms with Crippen molar-refractivity contribution in [1.82, 2.24) is 25.1 Å². The molecule has 10 heteroatoms. The first-order valence-corrected chi connectivity index (χ1v) is 10.8. The maximum atomic E-state index is 12.6. The Morgan fingerprint density at radius 1 is 1.23 bits per heavy atom. The van der Waals surface area contributed by atoms with Crippen LogP contribution in [0.4, 0.5) is 0 Å². The molecular formula is C21H23N5O4S.